The maximum atomic E-state index is 6.11. The quantitative estimate of drug-likeness (QED) is 0.816. The van der Waals surface area contributed by atoms with Crippen molar-refractivity contribution >= 4 is 28.3 Å². The first-order chi connectivity index (χ1) is 10.2. The van der Waals surface area contributed by atoms with Crippen molar-refractivity contribution in [3.8, 4) is 0 Å². The van der Waals surface area contributed by atoms with E-state index in [2.05, 4.69) is 29.4 Å². The molecule has 3 heteroatoms. The van der Waals surface area contributed by atoms with Gasteiger partial charge in [-0.05, 0) is 50.3 Å². The molecule has 1 aromatic carbocycles. The van der Waals surface area contributed by atoms with Gasteiger partial charge in [-0.15, -0.1) is 0 Å². The standard InChI is InChI=1S/C18H23ClN2/c1-13-11-18(20-15-7-5-3-2-4-6-8-15)21-17-12-14(19)9-10-16(13)17/h9-12,15H,2-8H2,1H3,(H,20,21)/p+1. The number of hydrogen-bond donors (Lipinski definition) is 1. The number of hydrogen-bond acceptors (Lipinski definition) is 1. The number of anilines is 1. The van der Waals surface area contributed by atoms with Gasteiger partial charge in [0.2, 0.25) is 0 Å². The van der Waals surface area contributed by atoms with E-state index in [0.717, 1.165) is 16.4 Å². The van der Waals surface area contributed by atoms with E-state index in [1.54, 1.807) is 0 Å². The van der Waals surface area contributed by atoms with Gasteiger partial charge in [0.25, 0.3) is 5.82 Å². The van der Waals surface area contributed by atoms with Crippen LogP contribution in [0.4, 0.5) is 5.82 Å². The van der Waals surface area contributed by atoms with Crippen molar-refractivity contribution in [3.63, 3.8) is 0 Å². The van der Waals surface area contributed by atoms with E-state index in [4.69, 9.17) is 11.6 Å². The van der Waals surface area contributed by atoms with Crippen LogP contribution in [-0.2, 0) is 0 Å². The van der Waals surface area contributed by atoms with Gasteiger partial charge in [-0.2, -0.15) is 0 Å². The van der Waals surface area contributed by atoms with Gasteiger partial charge < -0.3 is 0 Å². The molecule has 1 aliphatic rings. The molecule has 0 radical (unpaired) electrons. The molecule has 3 rings (SSSR count). The fourth-order valence-corrected chi connectivity index (χ4v) is 3.51. The van der Waals surface area contributed by atoms with Gasteiger partial charge in [0.1, 0.15) is 5.52 Å². The predicted octanol–water partition coefficient (Wildman–Crippen LogP) is 5.14. The molecule has 21 heavy (non-hydrogen) atoms. The molecule has 0 spiro atoms. The Kier molecular flexibility index (Phi) is 4.64. The van der Waals surface area contributed by atoms with Crippen LogP contribution in [0.1, 0.15) is 50.5 Å². The molecule has 2 nitrogen and oxygen atoms in total. The topological polar surface area (TPSA) is 26.2 Å². The molecular formula is C18H24ClN2+. The third kappa shape index (κ3) is 3.68. The van der Waals surface area contributed by atoms with Gasteiger partial charge in [0.15, 0.2) is 0 Å². The van der Waals surface area contributed by atoms with Crippen molar-refractivity contribution in [2.45, 2.75) is 57.9 Å². The van der Waals surface area contributed by atoms with Gasteiger partial charge in [-0.25, -0.2) is 4.98 Å². The number of fused-ring (bicyclic) bond motifs is 1. The van der Waals surface area contributed by atoms with Crippen LogP contribution in [0.15, 0.2) is 24.3 Å². The van der Waals surface area contributed by atoms with Crippen LogP contribution in [0.2, 0.25) is 5.02 Å². The monoisotopic (exact) mass is 303 g/mol. The number of aromatic amines is 1. The SMILES string of the molecule is Cc1cc(NC2CCCCCCC2)[nH+]c2cc(Cl)ccc12. The summed E-state index contributed by atoms with van der Waals surface area (Å²) in [5.41, 5.74) is 2.39. The number of aryl methyl sites for hydroxylation is 1. The minimum Gasteiger partial charge on any atom is -0.272 e. The molecule has 1 saturated carbocycles. The Morgan fingerprint density at radius 3 is 2.52 bits per heavy atom. The molecule has 0 unspecified atom stereocenters. The molecule has 1 aliphatic carbocycles. The fraction of sp³-hybridized carbons (Fsp3) is 0.500. The summed E-state index contributed by atoms with van der Waals surface area (Å²) in [7, 11) is 0. The number of nitrogens with one attached hydrogen (secondary N) is 2. The molecule has 1 aromatic heterocycles. The number of H-pyrrole nitrogens is 1. The Morgan fingerprint density at radius 1 is 1.05 bits per heavy atom. The van der Waals surface area contributed by atoms with Crippen molar-refractivity contribution in [3.05, 3.63) is 34.9 Å². The van der Waals surface area contributed by atoms with Gasteiger partial charge in [0.05, 0.1) is 6.04 Å². The van der Waals surface area contributed by atoms with Crippen molar-refractivity contribution in [1.29, 1.82) is 0 Å². The van der Waals surface area contributed by atoms with Crippen molar-refractivity contribution in [2.75, 3.05) is 5.32 Å². The van der Waals surface area contributed by atoms with Gasteiger partial charge in [0, 0.05) is 22.5 Å². The summed E-state index contributed by atoms with van der Waals surface area (Å²) in [6.07, 6.45) is 9.42. The average Bonchev–Trinajstić information content (AvgIpc) is 2.41. The lowest BCUT2D eigenvalue weighted by atomic mass is 9.96. The Bertz CT molecular complexity index is 616. The second kappa shape index (κ2) is 6.65. The van der Waals surface area contributed by atoms with E-state index in [1.165, 1.54) is 55.9 Å². The lowest BCUT2D eigenvalue weighted by molar-refractivity contribution is -0.327. The Morgan fingerprint density at radius 2 is 1.76 bits per heavy atom. The maximum absolute atomic E-state index is 6.11. The maximum Gasteiger partial charge on any atom is 0.273 e. The van der Waals surface area contributed by atoms with Gasteiger partial charge in [-0.1, -0.05) is 30.9 Å². The van der Waals surface area contributed by atoms with Crippen LogP contribution in [0, 0.1) is 6.92 Å². The van der Waals surface area contributed by atoms with Crippen molar-refractivity contribution in [1.82, 2.24) is 0 Å². The lowest BCUT2D eigenvalue weighted by Crippen LogP contribution is -2.25. The zero-order chi connectivity index (χ0) is 14.7. The molecule has 1 fully saturated rings. The second-order valence-electron chi connectivity index (χ2n) is 6.24. The van der Waals surface area contributed by atoms with Crippen molar-refractivity contribution < 1.29 is 4.98 Å². The highest BCUT2D eigenvalue weighted by Gasteiger charge is 2.17. The van der Waals surface area contributed by atoms with Crippen LogP contribution >= 0.6 is 11.6 Å². The van der Waals surface area contributed by atoms with Crippen LogP contribution in [0.25, 0.3) is 10.9 Å². The van der Waals surface area contributed by atoms with Crippen LogP contribution < -0.4 is 10.3 Å². The Hall–Kier alpha value is -1.28. The molecule has 1 heterocycles. The van der Waals surface area contributed by atoms with Crippen LogP contribution in [0.3, 0.4) is 0 Å². The van der Waals surface area contributed by atoms with Gasteiger partial charge in [-0.3, -0.25) is 5.32 Å². The third-order valence-corrected chi connectivity index (χ3v) is 4.74. The summed E-state index contributed by atoms with van der Waals surface area (Å²) in [6.45, 7) is 2.16. The Labute approximate surface area is 131 Å². The largest absolute Gasteiger partial charge is 0.273 e. The van der Waals surface area contributed by atoms with Gasteiger partial charge >= 0.3 is 0 Å². The molecule has 2 aromatic rings. The summed E-state index contributed by atoms with van der Waals surface area (Å²) in [6, 6.07) is 8.86. The zero-order valence-electron chi connectivity index (χ0n) is 12.7. The number of aromatic nitrogens is 1. The highest BCUT2D eigenvalue weighted by atomic mass is 35.5. The lowest BCUT2D eigenvalue weighted by Gasteiger charge is -2.17. The van der Waals surface area contributed by atoms with E-state index < -0.39 is 0 Å². The van der Waals surface area contributed by atoms with E-state index >= 15 is 0 Å². The second-order valence-corrected chi connectivity index (χ2v) is 6.68. The van der Waals surface area contributed by atoms with Crippen molar-refractivity contribution in [2.24, 2.45) is 0 Å². The number of halogens is 1. The molecule has 0 saturated heterocycles. The molecule has 2 N–H and O–H groups in total. The number of pyridine rings is 1. The minimum atomic E-state index is 0.595. The summed E-state index contributed by atoms with van der Waals surface area (Å²) in [4.78, 5) is 3.50. The first-order valence-corrected chi connectivity index (χ1v) is 8.49. The van der Waals surface area contributed by atoms with Crippen LogP contribution in [-0.4, -0.2) is 6.04 Å². The predicted molar refractivity (Wildman–Crippen MR) is 90.0 cm³/mol. The molecule has 0 aliphatic heterocycles. The first kappa shape index (κ1) is 14.6. The summed E-state index contributed by atoms with van der Waals surface area (Å²) in [5.74, 6) is 1.12. The number of rotatable bonds is 2. The fourth-order valence-electron chi connectivity index (χ4n) is 3.34. The molecule has 0 bridgehead atoms. The van der Waals surface area contributed by atoms with E-state index in [-0.39, 0.29) is 0 Å². The molecular weight excluding hydrogens is 280 g/mol. The smallest absolute Gasteiger partial charge is 0.272 e. The Balaban J connectivity index is 1.82. The van der Waals surface area contributed by atoms with E-state index in [1.807, 2.05) is 12.1 Å². The third-order valence-electron chi connectivity index (χ3n) is 4.50. The highest BCUT2D eigenvalue weighted by Crippen LogP contribution is 2.23. The average molecular weight is 304 g/mol. The minimum absolute atomic E-state index is 0.595. The highest BCUT2D eigenvalue weighted by molar-refractivity contribution is 6.31. The molecule has 0 amide bonds. The zero-order valence-corrected chi connectivity index (χ0v) is 13.5. The first-order valence-electron chi connectivity index (χ1n) is 8.11. The summed E-state index contributed by atoms with van der Waals surface area (Å²) < 4.78 is 0. The molecule has 112 valence electrons. The molecule has 0 atom stereocenters. The number of benzene rings is 1. The normalized spacial score (nSPS) is 17.4. The van der Waals surface area contributed by atoms with E-state index in [0.29, 0.717) is 6.04 Å². The summed E-state index contributed by atoms with van der Waals surface area (Å²) in [5, 5.41) is 5.72. The summed E-state index contributed by atoms with van der Waals surface area (Å²) >= 11 is 6.11. The van der Waals surface area contributed by atoms with Crippen LogP contribution in [0.5, 0.6) is 0 Å². The van der Waals surface area contributed by atoms with E-state index in [9.17, 15) is 0 Å².